The second kappa shape index (κ2) is 5.65. The first kappa shape index (κ1) is 13.3. The number of benzene rings is 1. The first-order valence-corrected chi connectivity index (χ1v) is 6.32. The largest absolute Gasteiger partial charge is 0.335 e. The summed E-state index contributed by atoms with van der Waals surface area (Å²) in [7, 11) is 1.75. The number of hydrogen-bond acceptors (Lipinski definition) is 3. The van der Waals surface area contributed by atoms with Crippen LogP contribution in [-0.4, -0.2) is 33.0 Å². The van der Waals surface area contributed by atoms with Gasteiger partial charge in [0.15, 0.2) is 0 Å². The van der Waals surface area contributed by atoms with Gasteiger partial charge in [-0.05, 0) is 12.5 Å². The van der Waals surface area contributed by atoms with Crippen molar-refractivity contribution in [3.05, 3.63) is 47.0 Å². The number of nitrogens with one attached hydrogen (secondary N) is 1. The van der Waals surface area contributed by atoms with E-state index in [9.17, 15) is 4.79 Å². The minimum Gasteiger partial charge on any atom is -0.335 e. The van der Waals surface area contributed by atoms with Crippen molar-refractivity contribution in [1.82, 2.24) is 20.1 Å². The molecule has 1 amide bonds. The third-order valence-electron chi connectivity index (χ3n) is 2.94. The van der Waals surface area contributed by atoms with E-state index < -0.39 is 0 Å². The quantitative estimate of drug-likeness (QED) is 0.911. The van der Waals surface area contributed by atoms with E-state index in [0.717, 1.165) is 17.8 Å². The summed E-state index contributed by atoms with van der Waals surface area (Å²) in [5.41, 5.74) is 2.30. The Bertz CT molecular complexity index is 559. The highest BCUT2D eigenvalue weighted by Crippen LogP contribution is 2.07. The Kier molecular flexibility index (Phi) is 3.94. The van der Waals surface area contributed by atoms with Gasteiger partial charge in [-0.15, -0.1) is 5.10 Å². The highest BCUT2D eigenvalue weighted by molar-refractivity contribution is 5.90. The lowest BCUT2D eigenvalue weighted by atomic mass is 10.1. The third kappa shape index (κ3) is 3.19. The predicted octanol–water partition coefficient (Wildman–Crippen LogP) is 1.95. The zero-order valence-electron chi connectivity index (χ0n) is 11.5. The summed E-state index contributed by atoms with van der Waals surface area (Å²) < 4.78 is 0. The third-order valence-corrected chi connectivity index (χ3v) is 2.94. The van der Waals surface area contributed by atoms with Crippen molar-refractivity contribution in [1.29, 1.82) is 0 Å². The summed E-state index contributed by atoms with van der Waals surface area (Å²) >= 11 is 0. The number of carbonyl (C=O) groups is 1. The predicted molar refractivity (Wildman–Crippen MR) is 72.7 cm³/mol. The number of nitrogens with zero attached hydrogens (tertiary/aromatic N) is 3. The first-order chi connectivity index (χ1) is 9.10. The summed E-state index contributed by atoms with van der Waals surface area (Å²) in [6.45, 7) is 4.55. The van der Waals surface area contributed by atoms with E-state index >= 15 is 0 Å². The molecule has 0 aliphatic heterocycles. The van der Waals surface area contributed by atoms with E-state index in [0.29, 0.717) is 6.54 Å². The zero-order chi connectivity index (χ0) is 13.8. The number of aromatic amines is 1. The van der Waals surface area contributed by atoms with Crippen LogP contribution >= 0.6 is 0 Å². The van der Waals surface area contributed by atoms with Crippen molar-refractivity contribution in [2.45, 2.75) is 26.8 Å². The molecular formula is C14H18N4O. The van der Waals surface area contributed by atoms with Crippen LogP contribution < -0.4 is 0 Å². The van der Waals surface area contributed by atoms with Gasteiger partial charge in [-0.2, -0.15) is 0 Å². The topological polar surface area (TPSA) is 61.9 Å². The van der Waals surface area contributed by atoms with Crippen molar-refractivity contribution >= 4 is 5.91 Å². The van der Waals surface area contributed by atoms with Crippen LogP contribution in [0.4, 0.5) is 0 Å². The van der Waals surface area contributed by atoms with Gasteiger partial charge < -0.3 is 4.90 Å². The van der Waals surface area contributed by atoms with Gasteiger partial charge in [-0.3, -0.25) is 9.89 Å². The maximum atomic E-state index is 12.1. The minimum atomic E-state index is -0.170. The second-order valence-corrected chi connectivity index (χ2v) is 4.61. The highest BCUT2D eigenvalue weighted by Gasteiger charge is 2.16. The molecule has 0 aliphatic rings. The number of H-pyrrole nitrogens is 1. The summed E-state index contributed by atoms with van der Waals surface area (Å²) in [5, 5.41) is 6.69. The number of aryl methyl sites for hydroxylation is 2. The van der Waals surface area contributed by atoms with Crippen LogP contribution in [0.5, 0.6) is 0 Å². The summed E-state index contributed by atoms with van der Waals surface area (Å²) in [6, 6.07) is 8.12. The van der Waals surface area contributed by atoms with E-state index in [1.807, 2.05) is 38.1 Å². The molecule has 1 heterocycles. The Morgan fingerprint density at radius 3 is 2.58 bits per heavy atom. The Balaban J connectivity index is 2.04. The minimum absolute atomic E-state index is 0.170. The van der Waals surface area contributed by atoms with E-state index in [1.165, 1.54) is 5.56 Å². The maximum Gasteiger partial charge on any atom is 0.293 e. The number of carbonyl (C=O) groups excluding carboxylic acids is 1. The Hall–Kier alpha value is -2.17. The van der Waals surface area contributed by atoms with Gasteiger partial charge >= 0.3 is 0 Å². The SMILES string of the molecule is CCc1nc(C(=O)N(C)Cc2ccc(C)cc2)n[nH]1. The number of rotatable bonds is 4. The van der Waals surface area contributed by atoms with E-state index in [2.05, 4.69) is 15.2 Å². The fourth-order valence-corrected chi connectivity index (χ4v) is 1.76. The van der Waals surface area contributed by atoms with Gasteiger partial charge in [0.1, 0.15) is 5.82 Å². The van der Waals surface area contributed by atoms with Crippen molar-refractivity contribution in [3.63, 3.8) is 0 Å². The molecule has 1 aromatic heterocycles. The van der Waals surface area contributed by atoms with Crippen LogP contribution in [0.15, 0.2) is 24.3 Å². The molecule has 0 radical (unpaired) electrons. The van der Waals surface area contributed by atoms with Crippen LogP contribution in [-0.2, 0) is 13.0 Å². The number of amides is 1. The monoisotopic (exact) mass is 258 g/mol. The summed E-state index contributed by atoms with van der Waals surface area (Å²) in [5.74, 6) is 0.787. The molecule has 5 nitrogen and oxygen atoms in total. The molecule has 0 fully saturated rings. The van der Waals surface area contributed by atoms with E-state index in [-0.39, 0.29) is 11.7 Å². The van der Waals surface area contributed by atoms with Crippen molar-refractivity contribution in [2.24, 2.45) is 0 Å². The molecular weight excluding hydrogens is 240 g/mol. The average molecular weight is 258 g/mol. The first-order valence-electron chi connectivity index (χ1n) is 6.32. The summed E-state index contributed by atoms with van der Waals surface area (Å²) in [4.78, 5) is 17.9. The van der Waals surface area contributed by atoms with Crippen molar-refractivity contribution < 1.29 is 4.79 Å². The molecule has 0 saturated carbocycles. The van der Waals surface area contributed by atoms with E-state index in [1.54, 1.807) is 11.9 Å². The summed E-state index contributed by atoms with van der Waals surface area (Å²) in [6.07, 6.45) is 0.738. The smallest absolute Gasteiger partial charge is 0.293 e. The molecule has 5 heteroatoms. The molecule has 0 aliphatic carbocycles. The molecule has 0 saturated heterocycles. The molecule has 2 aromatic rings. The normalized spacial score (nSPS) is 10.5. The molecule has 0 unspecified atom stereocenters. The molecule has 1 aromatic carbocycles. The Labute approximate surface area is 112 Å². The van der Waals surface area contributed by atoms with Crippen LogP contribution in [0.1, 0.15) is 34.5 Å². The molecule has 1 N–H and O–H groups in total. The van der Waals surface area contributed by atoms with Gasteiger partial charge in [0.2, 0.25) is 5.82 Å². The van der Waals surface area contributed by atoms with Gasteiger partial charge in [-0.1, -0.05) is 36.8 Å². The van der Waals surface area contributed by atoms with Gasteiger partial charge in [0.05, 0.1) is 0 Å². The molecule has 19 heavy (non-hydrogen) atoms. The lowest BCUT2D eigenvalue weighted by molar-refractivity contribution is 0.0773. The van der Waals surface area contributed by atoms with Gasteiger partial charge in [0.25, 0.3) is 5.91 Å². The molecule has 0 atom stereocenters. The van der Waals surface area contributed by atoms with Crippen LogP contribution in [0.3, 0.4) is 0 Å². The Morgan fingerprint density at radius 1 is 1.32 bits per heavy atom. The number of aromatic nitrogens is 3. The van der Waals surface area contributed by atoms with Crippen molar-refractivity contribution in [3.8, 4) is 0 Å². The average Bonchev–Trinajstić information content (AvgIpc) is 2.89. The van der Waals surface area contributed by atoms with Crippen molar-refractivity contribution in [2.75, 3.05) is 7.05 Å². The van der Waals surface area contributed by atoms with Gasteiger partial charge in [-0.25, -0.2) is 4.98 Å². The Morgan fingerprint density at radius 2 is 2.00 bits per heavy atom. The molecule has 2 rings (SSSR count). The number of hydrogen-bond donors (Lipinski definition) is 1. The molecule has 0 spiro atoms. The molecule has 100 valence electrons. The van der Waals surface area contributed by atoms with Gasteiger partial charge in [0, 0.05) is 20.0 Å². The lowest BCUT2D eigenvalue weighted by Crippen LogP contribution is -2.27. The maximum absolute atomic E-state index is 12.1. The fourth-order valence-electron chi connectivity index (χ4n) is 1.76. The molecule has 0 bridgehead atoms. The lowest BCUT2D eigenvalue weighted by Gasteiger charge is -2.15. The second-order valence-electron chi connectivity index (χ2n) is 4.61. The van der Waals surface area contributed by atoms with Crippen LogP contribution in [0.25, 0.3) is 0 Å². The van der Waals surface area contributed by atoms with Crippen LogP contribution in [0.2, 0.25) is 0 Å². The standard InChI is InChI=1S/C14H18N4O/c1-4-12-15-13(17-16-12)14(19)18(3)9-11-7-5-10(2)6-8-11/h5-8H,4,9H2,1-3H3,(H,15,16,17). The zero-order valence-corrected chi connectivity index (χ0v) is 11.5. The van der Waals surface area contributed by atoms with Crippen LogP contribution in [0, 0.1) is 6.92 Å². The highest BCUT2D eigenvalue weighted by atomic mass is 16.2. The van der Waals surface area contributed by atoms with E-state index in [4.69, 9.17) is 0 Å². The fraction of sp³-hybridized carbons (Fsp3) is 0.357.